The summed E-state index contributed by atoms with van der Waals surface area (Å²) in [5, 5.41) is 22.5. The van der Waals surface area contributed by atoms with E-state index >= 15 is 0 Å². The molecule has 27 heavy (non-hydrogen) atoms. The number of benzene rings is 3. The van der Waals surface area contributed by atoms with Gasteiger partial charge < -0.3 is 5.41 Å². The number of para-hydroxylation sites is 2. The molecule has 0 saturated carbocycles. The maximum absolute atomic E-state index is 9.19. The topological polar surface area (TPSA) is 52.6 Å². The van der Waals surface area contributed by atoms with Crippen LogP contribution in [0.3, 0.4) is 0 Å². The van der Waals surface area contributed by atoms with E-state index in [9.17, 15) is 5.41 Å². The molecule has 0 radical (unpaired) electrons. The molecule has 0 bridgehead atoms. The van der Waals surface area contributed by atoms with Crippen LogP contribution in [0.25, 0.3) is 21.8 Å². The van der Waals surface area contributed by atoms with E-state index in [2.05, 4.69) is 60.1 Å². The van der Waals surface area contributed by atoms with Crippen LogP contribution in [0.2, 0.25) is 13.1 Å². The van der Waals surface area contributed by atoms with Gasteiger partial charge in [0.25, 0.3) is 0 Å². The second-order valence-corrected chi connectivity index (χ2v) is 12.1. The minimum atomic E-state index is -2.01. The van der Waals surface area contributed by atoms with Gasteiger partial charge in [-0.25, -0.2) is 0 Å². The highest BCUT2D eigenvalue weighted by atomic mass is 28.3. The van der Waals surface area contributed by atoms with Gasteiger partial charge in [0.2, 0.25) is 0 Å². The fraction of sp³-hybridized carbons (Fsp3) is 0.130. The molecule has 1 atom stereocenters. The largest absolute Gasteiger partial charge is 0.313 e. The first-order valence-corrected chi connectivity index (χ1v) is 12.3. The molecule has 1 aliphatic heterocycles. The van der Waals surface area contributed by atoms with Gasteiger partial charge in [0.15, 0.2) is 0 Å². The Balaban J connectivity index is 1.79. The Bertz CT molecular complexity index is 1200. The summed E-state index contributed by atoms with van der Waals surface area (Å²) in [5.41, 5.74) is 3.23. The van der Waals surface area contributed by atoms with Crippen LogP contribution in [0.4, 0.5) is 0 Å². The molecule has 0 spiro atoms. The van der Waals surface area contributed by atoms with Gasteiger partial charge in [0.05, 0.1) is 17.0 Å². The van der Waals surface area contributed by atoms with Crippen LogP contribution < -0.4 is 5.19 Å². The van der Waals surface area contributed by atoms with Crippen LogP contribution in [0.15, 0.2) is 72.8 Å². The fourth-order valence-corrected chi connectivity index (χ4v) is 7.34. The highest BCUT2D eigenvalue weighted by Gasteiger charge is 2.46. The minimum absolute atomic E-state index is 0.262. The fourth-order valence-electron chi connectivity index (χ4n) is 4.57. The maximum atomic E-state index is 9.19. The predicted molar refractivity (Wildman–Crippen MR) is 117 cm³/mol. The van der Waals surface area contributed by atoms with E-state index in [0.717, 1.165) is 32.7 Å². The average molecular weight is 368 g/mol. The average Bonchev–Trinajstić information content (AvgIpc) is 3.12. The molecular weight excluding hydrogens is 346 g/mol. The zero-order chi connectivity index (χ0) is 18.8. The first-order valence-electron chi connectivity index (χ1n) is 9.27. The first kappa shape index (κ1) is 16.2. The van der Waals surface area contributed by atoms with Crippen LogP contribution in [0, 0.1) is 10.8 Å². The Kier molecular flexibility index (Phi) is 3.31. The van der Waals surface area contributed by atoms with Crippen molar-refractivity contribution >= 4 is 46.2 Å². The highest BCUT2D eigenvalue weighted by Crippen LogP contribution is 2.35. The molecule has 0 aliphatic carbocycles. The van der Waals surface area contributed by atoms with E-state index in [1.807, 2.05) is 30.3 Å². The second kappa shape index (κ2) is 5.51. The summed E-state index contributed by atoms with van der Waals surface area (Å²) in [4.78, 5) is 0. The van der Waals surface area contributed by atoms with Crippen LogP contribution in [0.1, 0.15) is 11.5 Å². The lowest BCUT2D eigenvalue weighted by Gasteiger charge is -2.20. The molecule has 0 fully saturated rings. The highest BCUT2D eigenvalue weighted by molar-refractivity contribution is 7.16. The monoisotopic (exact) mass is 367 g/mol. The molecule has 2 N–H and O–H groups in total. The zero-order valence-corrected chi connectivity index (χ0v) is 16.5. The summed E-state index contributed by atoms with van der Waals surface area (Å²) in [6.07, 6.45) is 0. The van der Waals surface area contributed by atoms with E-state index < -0.39 is 8.07 Å². The van der Waals surface area contributed by atoms with Gasteiger partial charge in [-0.3, -0.25) is 9.98 Å². The second-order valence-electron chi connectivity index (χ2n) is 7.81. The standard InChI is InChI=1S/C23H21N3Si/c1-27(2)20-14-8-5-11-17(20)21(23(27)25)22(24)26-18-12-6-3-9-15(18)16-10-4-7-13-19(16)26/h3-14,21,24-25H,1-2H3. The summed E-state index contributed by atoms with van der Waals surface area (Å²) >= 11 is 0. The van der Waals surface area contributed by atoms with Gasteiger partial charge in [-0.15, -0.1) is 0 Å². The number of aromatic nitrogens is 1. The molecule has 2 heterocycles. The Hall–Kier alpha value is -2.98. The van der Waals surface area contributed by atoms with Crippen molar-refractivity contribution in [1.29, 1.82) is 10.8 Å². The van der Waals surface area contributed by atoms with Gasteiger partial charge >= 0.3 is 0 Å². The quantitative estimate of drug-likeness (QED) is 0.273. The van der Waals surface area contributed by atoms with Crippen LogP contribution in [0.5, 0.6) is 0 Å². The molecule has 1 aromatic heterocycles. The number of hydrogen-bond donors (Lipinski definition) is 2. The molecule has 0 saturated heterocycles. The van der Waals surface area contributed by atoms with Gasteiger partial charge in [-0.05, 0) is 22.9 Å². The molecule has 132 valence electrons. The van der Waals surface area contributed by atoms with Gasteiger partial charge in [0, 0.05) is 16.1 Å². The molecule has 0 amide bonds. The smallest absolute Gasteiger partial charge is 0.131 e. The van der Waals surface area contributed by atoms with Crippen LogP contribution in [-0.2, 0) is 0 Å². The van der Waals surface area contributed by atoms with E-state index in [1.54, 1.807) is 0 Å². The minimum Gasteiger partial charge on any atom is -0.313 e. The first-order chi connectivity index (χ1) is 13.0. The zero-order valence-electron chi connectivity index (χ0n) is 15.5. The predicted octanol–water partition coefficient (Wildman–Crippen LogP) is 4.89. The molecule has 4 heteroatoms. The van der Waals surface area contributed by atoms with Crippen molar-refractivity contribution in [3.63, 3.8) is 0 Å². The van der Waals surface area contributed by atoms with Crippen molar-refractivity contribution in [3.05, 3.63) is 78.4 Å². The number of fused-ring (bicyclic) bond motifs is 4. The third kappa shape index (κ3) is 2.07. The molecule has 1 unspecified atom stereocenters. The number of hydrogen-bond acceptors (Lipinski definition) is 2. The lowest BCUT2D eigenvalue weighted by Crippen LogP contribution is -2.46. The SMILES string of the molecule is C[Si]1(C)C(=N)C(C(=N)n2c3ccccc3c3ccccc32)c2ccccc21. The molecular formula is C23H21N3Si. The van der Waals surface area contributed by atoms with E-state index in [1.165, 1.54) is 5.19 Å². The Morgan fingerprint density at radius 1 is 0.815 bits per heavy atom. The molecule has 1 aliphatic rings. The van der Waals surface area contributed by atoms with Gasteiger partial charge in [-0.1, -0.05) is 73.8 Å². The lowest BCUT2D eigenvalue weighted by atomic mass is 9.99. The number of rotatable bonds is 1. The molecule has 3 aromatic carbocycles. The van der Waals surface area contributed by atoms with Crippen molar-refractivity contribution in [1.82, 2.24) is 4.57 Å². The molecule has 3 nitrogen and oxygen atoms in total. The van der Waals surface area contributed by atoms with Crippen molar-refractivity contribution in [3.8, 4) is 0 Å². The molecule has 5 rings (SSSR count). The summed E-state index contributed by atoms with van der Waals surface area (Å²) in [7, 11) is -2.01. The lowest BCUT2D eigenvalue weighted by molar-refractivity contribution is 1.08. The van der Waals surface area contributed by atoms with Gasteiger partial charge in [0.1, 0.15) is 13.9 Å². The third-order valence-electron chi connectivity index (χ3n) is 6.00. The third-order valence-corrected chi connectivity index (χ3v) is 9.44. The van der Waals surface area contributed by atoms with Crippen LogP contribution >= 0.6 is 0 Å². The molecule has 4 aromatic rings. The van der Waals surface area contributed by atoms with E-state index in [-0.39, 0.29) is 5.92 Å². The summed E-state index contributed by atoms with van der Waals surface area (Å²) in [5.74, 6) is 0.227. The van der Waals surface area contributed by atoms with Crippen molar-refractivity contribution in [2.75, 3.05) is 0 Å². The maximum Gasteiger partial charge on any atom is 0.131 e. The van der Waals surface area contributed by atoms with Crippen molar-refractivity contribution in [2.24, 2.45) is 0 Å². The van der Waals surface area contributed by atoms with E-state index in [4.69, 9.17) is 5.41 Å². The van der Waals surface area contributed by atoms with Crippen molar-refractivity contribution in [2.45, 2.75) is 19.0 Å². The Labute approximate surface area is 159 Å². The van der Waals surface area contributed by atoms with Crippen LogP contribution in [-0.4, -0.2) is 23.8 Å². The van der Waals surface area contributed by atoms with Crippen molar-refractivity contribution < 1.29 is 0 Å². The van der Waals surface area contributed by atoms with E-state index in [0.29, 0.717) is 5.84 Å². The Morgan fingerprint density at radius 3 is 1.96 bits per heavy atom. The summed E-state index contributed by atoms with van der Waals surface area (Å²) < 4.78 is 2.05. The van der Waals surface area contributed by atoms with Gasteiger partial charge in [-0.2, -0.15) is 0 Å². The Morgan fingerprint density at radius 2 is 1.33 bits per heavy atom. The number of nitrogens with zero attached hydrogens (tertiary/aromatic N) is 1. The normalized spacial score (nSPS) is 18.1. The summed E-state index contributed by atoms with van der Waals surface area (Å²) in [6, 6.07) is 24.9. The summed E-state index contributed by atoms with van der Waals surface area (Å²) in [6.45, 7) is 4.46. The number of nitrogens with one attached hydrogen (secondary N) is 2.